The van der Waals surface area contributed by atoms with Crippen molar-refractivity contribution in [2.24, 2.45) is 5.92 Å². The lowest BCUT2D eigenvalue weighted by Gasteiger charge is -2.32. The zero-order chi connectivity index (χ0) is 13.4. The molecule has 2 N–H and O–H groups in total. The number of carbonyl (C=O) groups excluding carboxylic acids is 1. The van der Waals surface area contributed by atoms with Crippen LogP contribution in [-0.4, -0.2) is 49.6 Å². The zero-order valence-electron chi connectivity index (χ0n) is 11.5. The van der Waals surface area contributed by atoms with Crippen LogP contribution in [0.2, 0.25) is 0 Å². The van der Waals surface area contributed by atoms with Gasteiger partial charge in [0.2, 0.25) is 5.91 Å². The molecule has 1 fully saturated rings. The highest BCUT2D eigenvalue weighted by molar-refractivity contribution is 5.78. The Morgan fingerprint density at radius 2 is 2.17 bits per heavy atom. The van der Waals surface area contributed by atoms with Gasteiger partial charge >= 0.3 is 0 Å². The second-order valence-corrected chi connectivity index (χ2v) is 5.20. The van der Waals surface area contributed by atoms with Crippen LogP contribution in [0.15, 0.2) is 0 Å². The van der Waals surface area contributed by atoms with E-state index in [0.717, 1.165) is 19.6 Å². The topological polar surface area (TPSA) is 44.4 Å². The minimum Gasteiger partial charge on any atom is -0.344 e. The summed E-state index contributed by atoms with van der Waals surface area (Å²) in [4.78, 5) is 13.9. The highest BCUT2D eigenvalue weighted by atomic mass is 16.2. The maximum atomic E-state index is 11.7. The predicted octanol–water partition coefficient (Wildman–Crippen LogP) is 0.446. The van der Waals surface area contributed by atoms with Gasteiger partial charge in [0, 0.05) is 12.6 Å². The number of nitrogens with zero attached hydrogens (tertiary/aromatic N) is 1. The van der Waals surface area contributed by atoms with Crippen LogP contribution in [0.25, 0.3) is 0 Å². The quantitative estimate of drug-likeness (QED) is 0.674. The third kappa shape index (κ3) is 5.52. The number of carbonyl (C=O) groups is 1. The molecule has 0 atom stereocenters. The van der Waals surface area contributed by atoms with E-state index in [4.69, 9.17) is 6.42 Å². The summed E-state index contributed by atoms with van der Waals surface area (Å²) < 4.78 is 0. The van der Waals surface area contributed by atoms with Crippen molar-refractivity contribution in [1.29, 1.82) is 0 Å². The summed E-state index contributed by atoms with van der Waals surface area (Å²) in [6.07, 6.45) is 7.54. The first-order valence-corrected chi connectivity index (χ1v) is 6.78. The van der Waals surface area contributed by atoms with Gasteiger partial charge in [0.1, 0.15) is 0 Å². The van der Waals surface area contributed by atoms with E-state index in [-0.39, 0.29) is 5.91 Å². The Morgan fingerprint density at radius 3 is 2.72 bits per heavy atom. The van der Waals surface area contributed by atoms with Gasteiger partial charge in [0.15, 0.2) is 0 Å². The first-order valence-electron chi connectivity index (χ1n) is 6.78. The summed E-state index contributed by atoms with van der Waals surface area (Å²) in [5.41, 5.74) is 0. The Kier molecular flexibility index (Phi) is 6.77. The average Bonchev–Trinajstić information content (AvgIpc) is 2.36. The normalized spacial score (nSPS) is 16.8. The first kappa shape index (κ1) is 15.0. The maximum Gasteiger partial charge on any atom is 0.234 e. The van der Waals surface area contributed by atoms with Crippen LogP contribution in [-0.2, 0) is 4.79 Å². The van der Waals surface area contributed by atoms with Gasteiger partial charge in [-0.25, -0.2) is 0 Å². The second-order valence-electron chi connectivity index (χ2n) is 5.20. The Bertz CT molecular complexity index is 290. The van der Waals surface area contributed by atoms with Crippen molar-refractivity contribution < 1.29 is 4.79 Å². The Balaban J connectivity index is 2.39. The van der Waals surface area contributed by atoms with E-state index in [1.807, 2.05) is 0 Å². The van der Waals surface area contributed by atoms with Crippen molar-refractivity contribution in [1.82, 2.24) is 15.5 Å². The molecule has 1 amide bonds. The standard InChI is InChI=1S/C14H25N3O/c1-4-7-16-14(18)11-17(12(2)3)10-13-5-8-15-9-6-13/h1,12-13,15H,5-11H2,2-3H3,(H,16,18). The van der Waals surface area contributed by atoms with Crippen molar-refractivity contribution in [3.63, 3.8) is 0 Å². The number of hydrogen-bond donors (Lipinski definition) is 2. The summed E-state index contributed by atoms with van der Waals surface area (Å²) >= 11 is 0. The molecule has 18 heavy (non-hydrogen) atoms. The number of piperidine rings is 1. The SMILES string of the molecule is C#CCNC(=O)CN(CC1CCNCC1)C(C)C. The largest absolute Gasteiger partial charge is 0.344 e. The fraction of sp³-hybridized carbons (Fsp3) is 0.786. The lowest BCUT2D eigenvalue weighted by atomic mass is 9.97. The van der Waals surface area contributed by atoms with Gasteiger partial charge in [0.25, 0.3) is 0 Å². The summed E-state index contributed by atoms with van der Waals surface area (Å²) in [6.45, 7) is 8.23. The van der Waals surface area contributed by atoms with Gasteiger partial charge in [-0.1, -0.05) is 5.92 Å². The van der Waals surface area contributed by atoms with E-state index in [2.05, 4.69) is 35.3 Å². The van der Waals surface area contributed by atoms with Crippen molar-refractivity contribution >= 4 is 5.91 Å². The van der Waals surface area contributed by atoms with Crippen LogP contribution in [0.5, 0.6) is 0 Å². The molecule has 0 spiro atoms. The van der Waals surface area contributed by atoms with E-state index in [1.165, 1.54) is 12.8 Å². The smallest absolute Gasteiger partial charge is 0.234 e. The van der Waals surface area contributed by atoms with Gasteiger partial charge in [0.05, 0.1) is 13.1 Å². The van der Waals surface area contributed by atoms with Crippen LogP contribution in [0.4, 0.5) is 0 Å². The molecule has 4 nitrogen and oxygen atoms in total. The first-order chi connectivity index (χ1) is 8.63. The van der Waals surface area contributed by atoms with Crippen molar-refractivity contribution in [3.8, 4) is 12.3 Å². The minimum absolute atomic E-state index is 0.0237. The summed E-state index contributed by atoms with van der Waals surface area (Å²) in [5.74, 6) is 3.15. The van der Waals surface area contributed by atoms with E-state index < -0.39 is 0 Å². The summed E-state index contributed by atoms with van der Waals surface area (Å²) in [6, 6.07) is 0.386. The monoisotopic (exact) mass is 251 g/mol. The Hall–Kier alpha value is -1.05. The number of rotatable bonds is 6. The van der Waals surface area contributed by atoms with Crippen LogP contribution >= 0.6 is 0 Å². The number of amides is 1. The van der Waals surface area contributed by atoms with Crippen LogP contribution in [0, 0.1) is 18.3 Å². The lowest BCUT2D eigenvalue weighted by Crippen LogP contribution is -2.44. The maximum absolute atomic E-state index is 11.7. The molecule has 0 bridgehead atoms. The van der Waals surface area contributed by atoms with E-state index in [1.54, 1.807) is 0 Å². The fourth-order valence-corrected chi connectivity index (χ4v) is 2.24. The predicted molar refractivity (Wildman–Crippen MR) is 74.1 cm³/mol. The highest BCUT2D eigenvalue weighted by Gasteiger charge is 2.20. The molecule has 0 aromatic carbocycles. The number of terminal acetylenes is 1. The second kappa shape index (κ2) is 8.12. The third-order valence-corrected chi connectivity index (χ3v) is 3.42. The molecule has 1 saturated heterocycles. The van der Waals surface area contributed by atoms with Crippen molar-refractivity contribution in [2.45, 2.75) is 32.7 Å². The molecule has 1 aliphatic rings. The average molecular weight is 251 g/mol. The molecule has 1 rings (SSSR count). The molecule has 1 heterocycles. The van der Waals surface area contributed by atoms with Gasteiger partial charge in [-0.15, -0.1) is 6.42 Å². The Labute approximate surface area is 110 Å². The molecule has 0 unspecified atom stereocenters. The Morgan fingerprint density at radius 1 is 1.50 bits per heavy atom. The van der Waals surface area contributed by atoms with Gasteiger partial charge in [-0.3, -0.25) is 9.69 Å². The molecular weight excluding hydrogens is 226 g/mol. The van der Waals surface area contributed by atoms with Gasteiger partial charge in [-0.2, -0.15) is 0 Å². The van der Waals surface area contributed by atoms with E-state index >= 15 is 0 Å². The molecule has 0 saturated carbocycles. The fourth-order valence-electron chi connectivity index (χ4n) is 2.24. The van der Waals surface area contributed by atoms with E-state index in [0.29, 0.717) is 25.0 Å². The van der Waals surface area contributed by atoms with Crippen LogP contribution in [0.3, 0.4) is 0 Å². The van der Waals surface area contributed by atoms with Gasteiger partial charge < -0.3 is 10.6 Å². The number of hydrogen-bond acceptors (Lipinski definition) is 3. The highest BCUT2D eigenvalue weighted by Crippen LogP contribution is 2.14. The molecular formula is C14H25N3O. The van der Waals surface area contributed by atoms with E-state index in [9.17, 15) is 4.79 Å². The lowest BCUT2D eigenvalue weighted by molar-refractivity contribution is -0.122. The number of nitrogens with one attached hydrogen (secondary N) is 2. The molecule has 0 aliphatic carbocycles. The summed E-state index contributed by atoms with van der Waals surface area (Å²) in [5, 5.41) is 6.09. The summed E-state index contributed by atoms with van der Waals surface area (Å²) in [7, 11) is 0. The van der Waals surface area contributed by atoms with Crippen molar-refractivity contribution in [3.05, 3.63) is 0 Å². The molecule has 1 aliphatic heterocycles. The molecule has 4 heteroatoms. The molecule has 0 aromatic heterocycles. The van der Waals surface area contributed by atoms with Crippen molar-refractivity contribution in [2.75, 3.05) is 32.7 Å². The van der Waals surface area contributed by atoms with Crippen LogP contribution in [0.1, 0.15) is 26.7 Å². The molecule has 0 radical (unpaired) electrons. The van der Waals surface area contributed by atoms with Gasteiger partial charge in [-0.05, 0) is 45.7 Å². The molecule has 0 aromatic rings. The minimum atomic E-state index is 0.0237. The zero-order valence-corrected chi connectivity index (χ0v) is 11.5. The third-order valence-electron chi connectivity index (χ3n) is 3.42. The van der Waals surface area contributed by atoms with Crippen LogP contribution < -0.4 is 10.6 Å². The molecule has 102 valence electrons.